The first kappa shape index (κ1) is 13.1. The summed E-state index contributed by atoms with van der Waals surface area (Å²) in [7, 11) is 4.50. The van der Waals surface area contributed by atoms with E-state index >= 15 is 0 Å². The highest BCUT2D eigenvalue weighted by Gasteiger charge is 2.25. The first-order chi connectivity index (χ1) is 9.22. The normalized spacial score (nSPS) is 26.3. The van der Waals surface area contributed by atoms with Crippen LogP contribution in [-0.2, 0) is 13.0 Å². The molecule has 19 heavy (non-hydrogen) atoms. The van der Waals surface area contributed by atoms with Crippen LogP contribution in [0.5, 0.6) is 0 Å². The molecule has 0 N–H and O–H groups in total. The van der Waals surface area contributed by atoms with Crippen LogP contribution in [0.25, 0.3) is 0 Å². The molecule has 3 heteroatoms. The summed E-state index contributed by atoms with van der Waals surface area (Å²) in [5.74, 6) is 0. The van der Waals surface area contributed by atoms with Gasteiger partial charge in [0, 0.05) is 45.3 Å². The first-order valence-electron chi connectivity index (χ1n) is 7.40. The molecular weight excluding hydrogens is 234 g/mol. The standard InChI is InChI=1S/C16H25N3/c1-17-7-9-19(10-8-17)13-16-11-14-5-3-4-6-15(14)12-18(16)2/h3-6,16H,7-13H2,1-2H3/t16-/m0/s1. The Kier molecular flexibility index (Phi) is 3.87. The van der Waals surface area contributed by atoms with Crippen molar-refractivity contribution in [2.75, 3.05) is 46.8 Å². The van der Waals surface area contributed by atoms with Crippen LogP contribution in [-0.4, -0.2) is 67.6 Å². The second-order valence-corrected chi connectivity index (χ2v) is 6.15. The lowest BCUT2D eigenvalue weighted by molar-refractivity contribution is 0.103. The van der Waals surface area contributed by atoms with Gasteiger partial charge < -0.3 is 4.90 Å². The number of fused-ring (bicyclic) bond motifs is 1. The van der Waals surface area contributed by atoms with Crippen LogP contribution < -0.4 is 0 Å². The summed E-state index contributed by atoms with van der Waals surface area (Å²) in [5.41, 5.74) is 3.07. The minimum absolute atomic E-state index is 0.679. The molecule has 1 aromatic carbocycles. The van der Waals surface area contributed by atoms with Crippen molar-refractivity contribution in [2.45, 2.75) is 19.0 Å². The molecule has 3 nitrogen and oxygen atoms in total. The molecule has 0 aromatic heterocycles. The van der Waals surface area contributed by atoms with Crippen molar-refractivity contribution in [1.29, 1.82) is 0 Å². The fourth-order valence-corrected chi connectivity index (χ4v) is 3.25. The third-order valence-electron chi connectivity index (χ3n) is 4.68. The van der Waals surface area contributed by atoms with Gasteiger partial charge in [-0.05, 0) is 31.6 Å². The first-order valence-corrected chi connectivity index (χ1v) is 7.40. The maximum absolute atomic E-state index is 2.63. The van der Waals surface area contributed by atoms with Crippen molar-refractivity contribution >= 4 is 0 Å². The molecule has 0 amide bonds. The third kappa shape index (κ3) is 2.99. The van der Waals surface area contributed by atoms with E-state index in [1.54, 1.807) is 5.56 Å². The summed E-state index contributed by atoms with van der Waals surface area (Å²) in [6, 6.07) is 9.60. The molecule has 2 aliphatic rings. The van der Waals surface area contributed by atoms with Crippen molar-refractivity contribution < 1.29 is 0 Å². The summed E-state index contributed by atoms with van der Waals surface area (Å²) < 4.78 is 0. The van der Waals surface area contributed by atoms with Crippen LogP contribution in [0.1, 0.15) is 11.1 Å². The molecule has 0 spiro atoms. The van der Waals surface area contributed by atoms with Crippen LogP contribution >= 0.6 is 0 Å². The number of nitrogens with zero attached hydrogens (tertiary/aromatic N) is 3. The Bertz CT molecular complexity index is 424. The number of rotatable bonds is 2. The Morgan fingerprint density at radius 1 is 1.00 bits per heavy atom. The van der Waals surface area contributed by atoms with E-state index < -0.39 is 0 Å². The van der Waals surface area contributed by atoms with Gasteiger partial charge in [-0.2, -0.15) is 0 Å². The Balaban J connectivity index is 1.63. The van der Waals surface area contributed by atoms with E-state index in [0.29, 0.717) is 6.04 Å². The van der Waals surface area contributed by atoms with Crippen LogP contribution in [0, 0.1) is 0 Å². The smallest absolute Gasteiger partial charge is 0.0264 e. The monoisotopic (exact) mass is 259 g/mol. The molecule has 2 aliphatic heterocycles. The van der Waals surface area contributed by atoms with Gasteiger partial charge in [0.2, 0.25) is 0 Å². The zero-order chi connectivity index (χ0) is 13.2. The second-order valence-electron chi connectivity index (χ2n) is 6.15. The topological polar surface area (TPSA) is 9.72 Å². The van der Waals surface area contributed by atoms with Gasteiger partial charge in [0.05, 0.1) is 0 Å². The van der Waals surface area contributed by atoms with E-state index in [0.717, 1.165) is 6.54 Å². The summed E-state index contributed by atoms with van der Waals surface area (Å²) in [6.07, 6.45) is 1.21. The van der Waals surface area contributed by atoms with Gasteiger partial charge >= 0.3 is 0 Å². The highest BCUT2D eigenvalue weighted by Crippen LogP contribution is 2.22. The average Bonchev–Trinajstić information content (AvgIpc) is 2.42. The number of likely N-dealkylation sites (N-methyl/N-ethyl adjacent to an activating group) is 2. The molecular formula is C16H25N3. The third-order valence-corrected chi connectivity index (χ3v) is 4.68. The Labute approximate surface area is 116 Å². The molecule has 0 aliphatic carbocycles. The summed E-state index contributed by atoms with van der Waals surface area (Å²) in [6.45, 7) is 7.21. The molecule has 1 saturated heterocycles. The largest absolute Gasteiger partial charge is 0.304 e. The Hall–Kier alpha value is -0.900. The van der Waals surface area contributed by atoms with E-state index in [9.17, 15) is 0 Å². The van der Waals surface area contributed by atoms with E-state index in [4.69, 9.17) is 0 Å². The van der Waals surface area contributed by atoms with Gasteiger partial charge in [-0.15, -0.1) is 0 Å². The fraction of sp³-hybridized carbons (Fsp3) is 0.625. The van der Waals surface area contributed by atoms with Crippen molar-refractivity contribution in [1.82, 2.24) is 14.7 Å². The zero-order valence-corrected chi connectivity index (χ0v) is 12.2. The molecule has 1 fully saturated rings. The number of piperazine rings is 1. The van der Waals surface area contributed by atoms with Crippen molar-refractivity contribution in [3.05, 3.63) is 35.4 Å². The summed E-state index contributed by atoms with van der Waals surface area (Å²) >= 11 is 0. The quantitative estimate of drug-likeness (QED) is 0.792. The minimum atomic E-state index is 0.679. The predicted molar refractivity (Wildman–Crippen MR) is 79.3 cm³/mol. The van der Waals surface area contributed by atoms with Gasteiger partial charge in [-0.3, -0.25) is 9.80 Å². The molecule has 1 aromatic rings. The van der Waals surface area contributed by atoms with E-state index in [-0.39, 0.29) is 0 Å². The van der Waals surface area contributed by atoms with E-state index in [1.165, 1.54) is 44.7 Å². The van der Waals surface area contributed by atoms with Gasteiger partial charge in [0.25, 0.3) is 0 Å². The van der Waals surface area contributed by atoms with Crippen LogP contribution in [0.4, 0.5) is 0 Å². The molecule has 3 rings (SSSR count). The Morgan fingerprint density at radius 2 is 1.68 bits per heavy atom. The van der Waals surface area contributed by atoms with Crippen molar-refractivity contribution in [2.24, 2.45) is 0 Å². The fourth-order valence-electron chi connectivity index (χ4n) is 3.25. The molecule has 2 heterocycles. The Morgan fingerprint density at radius 3 is 2.42 bits per heavy atom. The summed E-state index contributed by atoms with van der Waals surface area (Å²) in [4.78, 5) is 7.59. The molecule has 1 atom stereocenters. The predicted octanol–water partition coefficient (Wildman–Crippen LogP) is 1.29. The SMILES string of the molecule is CN1CCN(C[C@@H]2Cc3ccccc3CN2C)CC1. The van der Waals surface area contributed by atoms with Gasteiger partial charge in [-0.1, -0.05) is 24.3 Å². The highest BCUT2D eigenvalue weighted by atomic mass is 15.3. The van der Waals surface area contributed by atoms with E-state index in [2.05, 4.69) is 53.1 Å². The highest BCUT2D eigenvalue weighted by molar-refractivity contribution is 5.30. The number of benzene rings is 1. The van der Waals surface area contributed by atoms with Crippen molar-refractivity contribution in [3.63, 3.8) is 0 Å². The van der Waals surface area contributed by atoms with Crippen LogP contribution in [0.15, 0.2) is 24.3 Å². The van der Waals surface area contributed by atoms with Gasteiger partial charge in [-0.25, -0.2) is 0 Å². The van der Waals surface area contributed by atoms with Gasteiger partial charge in [0.15, 0.2) is 0 Å². The summed E-state index contributed by atoms with van der Waals surface area (Å²) in [5, 5.41) is 0. The lowest BCUT2D eigenvalue weighted by atomic mass is 9.94. The van der Waals surface area contributed by atoms with E-state index in [1.807, 2.05) is 0 Å². The lowest BCUT2D eigenvalue weighted by Gasteiger charge is -2.40. The number of hydrogen-bond donors (Lipinski definition) is 0. The van der Waals surface area contributed by atoms with Gasteiger partial charge in [0.1, 0.15) is 0 Å². The molecule has 0 unspecified atom stereocenters. The molecule has 0 saturated carbocycles. The molecule has 0 radical (unpaired) electrons. The zero-order valence-electron chi connectivity index (χ0n) is 12.2. The van der Waals surface area contributed by atoms with Crippen molar-refractivity contribution in [3.8, 4) is 0 Å². The minimum Gasteiger partial charge on any atom is -0.304 e. The maximum atomic E-state index is 2.63. The second kappa shape index (κ2) is 5.61. The lowest BCUT2D eigenvalue weighted by Crippen LogP contribution is -2.51. The molecule has 0 bridgehead atoms. The number of hydrogen-bond acceptors (Lipinski definition) is 3. The molecule has 104 valence electrons. The average molecular weight is 259 g/mol. The maximum Gasteiger partial charge on any atom is 0.0264 e. The van der Waals surface area contributed by atoms with Crippen LogP contribution in [0.3, 0.4) is 0 Å². The van der Waals surface area contributed by atoms with Crippen LogP contribution in [0.2, 0.25) is 0 Å².